The molecule has 1 aliphatic heterocycles. The first-order valence-corrected chi connectivity index (χ1v) is 11.4. The lowest BCUT2D eigenvalue weighted by atomic mass is 9.90. The number of aliphatic carboxylic acids is 1. The van der Waals surface area contributed by atoms with Crippen LogP contribution in [0.25, 0.3) is 0 Å². The minimum Gasteiger partial charge on any atom is -0.480 e. The van der Waals surface area contributed by atoms with Crippen molar-refractivity contribution in [2.24, 2.45) is 0 Å². The number of hydrogen-bond acceptors (Lipinski definition) is 4. The molecule has 0 radical (unpaired) electrons. The molecule has 3 rings (SSSR count). The van der Waals surface area contributed by atoms with Gasteiger partial charge in [0.25, 0.3) is 5.91 Å². The van der Waals surface area contributed by atoms with E-state index in [1.165, 1.54) is 34.1 Å². The first-order valence-electron chi connectivity index (χ1n) is 9.13. The first kappa shape index (κ1) is 21.5. The van der Waals surface area contributed by atoms with Gasteiger partial charge < -0.3 is 10.4 Å². The van der Waals surface area contributed by atoms with E-state index in [1.54, 1.807) is 0 Å². The highest BCUT2D eigenvalue weighted by Gasteiger charge is 2.30. The highest BCUT2D eigenvalue weighted by atomic mass is 79.9. The van der Waals surface area contributed by atoms with Crippen molar-refractivity contribution in [3.05, 3.63) is 64.1 Å². The average Bonchev–Trinajstić information content (AvgIpc) is 2.72. The van der Waals surface area contributed by atoms with E-state index in [9.17, 15) is 18.0 Å². The van der Waals surface area contributed by atoms with E-state index < -0.39 is 28.4 Å². The van der Waals surface area contributed by atoms with Crippen LogP contribution in [-0.2, 0) is 14.8 Å². The van der Waals surface area contributed by atoms with Crippen LogP contribution >= 0.6 is 15.9 Å². The predicted molar refractivity (Wildman–Crippen MR) is 111 cm³/mol. The van der Waals surface area contributed by atoms with Crippen molar-refractivity contribution in [2.75, 3.05) is 19.6 Å². The number of rotatable bonds is 6. The number of halogens is 1. The van der Waals surface area contributed by atoms with Crippen molar-refractivity contribution < 1.29 is 23.1 Å². The maximum atomic E-state index is 12.9. The number of carboxylic acids is 1. The number of benzene rings is 2. The average molecular weight is 481 g/mol. The maximum Gasteiger partial charge on any atom is 0.322 e. The van der Waals surface area contributed by atoms with Gasteiger partial charge in [-0.3, -0.25) is 9.59 Å². The number of hydrogen-bond donors (Lipinski definition) is 2. The van der Waals surface area contributed by atoms with Gasteiger partial charge in [-0.05, 0) is 60.7 Å². The second kappa shape index (κ2) is 9.06. The molecule has 0 atom stereocenters. The van der Waals surface area contributed by atoms with Crippen molar-refractivity contribution in [1.82, 2.24) is 9.62 Å². The molecule has 1 amide bonds. The van der Waals surface area contributed by atoms with Gasteiger partial charge in [-0.1, -0.05) is 28.1 Å². The van der Waals surface area contributed by atoms with Crippen LogP contribution in [0.3, 0.4) is 0 Å². The minimum absolute atomic E-state index is 0.119. The lowest BCUT2D eigenvalue weighted by molar-refractivity contribution is -0.135. The molecular weight excluding hydrogens is 460 g/mol. The van der Waals surface area contributed by atoms with E-state index in [1.807, 2.05) is 12.1 Å². The van der Waals surface area contributed by atoms with E-state index in [4.69, 9.17) is 5.11 Å². The third-order valence-electron chi connectivity index (χ3n) is 4.93. The van der Waals surface area contributed by atoms with Gasteiger partial charge in [-0.2, -0.15) is 4.31 Å². The molecule has 0 aromatic heterocycles. The molecule has 0 bridgehead atoms. The molecule has 29 heavy (non-hydrogen) atoms. The van der Waals surface area contributed by atoms with Crippen molar-refractivity contribution in [2.45, 2.75) is 23.7 Å². The summed E-state index contributed by atoms with van der Waals surface area (Å²) in [6.45, 7) is 0.368. The minimum atomic E-state index is -3.65. The fraction of sp³-hybridized carbons (Fsp3) is 0.300. The van der Waals surface area contributed by atoms with E-state index in [0.717, 1.165) is 17.3 Å². The van der Waals surface area contributed by atoms with Crippen LogP contribution in [0.2, 0.25) is 0 Å². The summed E-state index contributed by atoms with van der Waals surface area (Å²) < 4.78 is 28.3. The Morgan fingerprint density at radius 1 is 1.10 bits per heavy atom. The zero-order chi connectivity index (χ0) is 21.0. The molecule has 1 aliphatic rings. The molecule has 9 heteroatoms. The highest BCUT2D eigenvalue weighted by Crippen LogP contribution is 2.31. The Balaban J connectivity index is 1.65. The van der Waals surface area contributed by atoms with Crippen LogP contribution in [0.1, 0.15) is 34.7 Å². The van der Waals surface area contributed by atoms with Crippen LogP contribution in [0.4, 0.5) is 0 Å². The molecule has 2 aromatic carbocycles. The van der Waals surface area contributed by atoms with Gasteiger partial charge in [0.05, 0.1) is 4.90 Å². The Bertz CT molecular complexity index is 1000. The summed E-state index contributed by atoms with van der Waals surface area (Å²) in [5.41, 5.74) is 1.41. The molecular formula is C20H21BrN2O5S. The molecule has 0 unspecified atom stereocenters. The number of piperidine rings is 1. The summed E-state index contributed by atoms with van der Waals surface area (Å²) in [5, 5.41) is 10.8. The first-order chi connectivity index (χ1) is 13.8. The number of carbonyl (C=O) groups is 2. The topological polar surface area (TPSA) is 104 Å². The van der Waals surface area contributed by atoms with E-state index in [0.29, 0.717) is 19.0 Å². The number of carbonyl (C=O) groups excluding carboxylic acids is 1. The molecule has 1 heterocycles. The quantitative estimate of drug-likeness (QED) is 0.661. The van der Waals surface area contributed by atoms with Gasteiger partial charge in [-0.15, -0.1) is 0 Å². The van der Waals surface area contributed by atoms with Crippen LogP contribution in [0, 0.1) is 0 Å². The fourth-order valence-electron chi connectivity index (χ4n) is 3.38. The van der Waals surface area contributed by atoms with Crippen molar-refractivity contribution in [1.29, 1.82) is 0 Å². The summed E-state index contributed by atoms with van der Waals surface area (Å²) in [6.07, 6.45) is 1.48. The van der Waals surface area contributed by atoms with Crippen LogP contribution in [-0.4, -0.2) is 49.3 Å². The smallest absolute Gasteiger partial charge is 0.322 e. The molecule has 1 saturated heterocycles. The highest BCUT2D eigenvalue weighted by molar-refractivity contribution is 9.10. The summed E-state index contributed by atoms with van der Waals surface area (Å²) in [7, 11) is -3.65. The second-order valence-corrected chi connectivity index (χ2v) is 9.69. The Labute approximate surface area is 177 Å². The maximum absolute atomic E-state index is 12.9. The standard InChI is InChI=1S/C20H21BrN2O5S/c21-17-3-1-2-16(12-17)14-8-10-23(11-9-14)29(27,28)18-6-4-15(5-7-18)20(26)22-13-19(24)25/h1-7,12,14H,8-11,13H2,(H,22,26)(H,24,25). The Morgan fingerprint density at radius 3 is 2.34 bits per heavy atom. The van der Waals surface area contributed by atoms with Crippen LogP contribution in [0.15, 0.2) is 57.9 Å². The Morgan fingerprint density at radius 2 is 1.76 bits per heavy atom. The number of nitrogens with zero attached hydrogens (tertiary/aromatic N) is 1. The SMILES string of the molecule is O=C(O)CNC(=O)c1ccc(S(=O)(=O)N2CCC(c3cccc(Br)c3)CC2)cc1. The molecule has 154 valence electrons. The summed E-state index contributed by atoms with van der Waals surface area (Å²) in [5.74, 6) is -1.39. The van der Waals surface area contributed by atoms with Crippen LogP contribution in [0.5, 0.6) is 0 Å². The van der Waals surface area contributed by atoms with Crippen molar-refractivity contribution in [3.63, 3.8) is 0 Å². The third-order valence-corrected chi connectivity index (χ3v) is 7.33. The number of carboxylic acid groups (broad SMARTS) is 1. The second-order valence-electron chi connectivity index (χ2n) is 6.83. The molecule has 2 aromatic rings. The summed E-state index contributed by atoms with van der Waals surface area (Å²) in [4.78, 5) is 22.5. The van der Waals surface area contributed by atoms with E-state index in [2.05, 4.69) is 33.4 Å². The Hall–Kier alpha value is -2.23. The molecule has 2 N–H and O–H groups in total. The zero-order valence-corrected chi connectivity index (χ0v) is 17.9. The third kappa shape index (κ3) is 5.23. The number of amides is 1. The molecule has 7 nitrogen and oxygen atoms in total. The fourth-order valence-corrected chi connectivity index (χ4v) is 5.26. The summed E-state index contributed by atoms with van der Waals surface area (Å²) in [6, 6.07) is 13.6. The predicted octanol–water partition coefficient (Wildman–Crippen LogP) is 2.83. The molecule has 0 saturated carbocycles. The number of sulfonamides is 1. The summed E-state index contributed by atoms with van der Waals surface area (Å²) >= 11 is 3.47. The van der Waals surface area contributed by atoms with Crippen LogP contribution < -0.4 is 5.32 Å². The molecule has 0 spiro atoms. The Kier molecular flexibility index (Phi) is 6.71. The monoisotopic (exact) mass is 480 g/mol. The van der Waals surface area contributed by atoms with Gasteiger partial charge in [0, 0.05) is 23.1 Å². The lowest BCUT2D eigenvalue weighted by Crippen LogP contribution is -2.37. The zero-order valence-electron chi connectivity index (χ0n) is 15.5. The van der Waals surface area contributed by atoms with Crippen molar-refractivity contribution >= 4 is 37.8 Å². The van der Waals surface area contributed by atoms with Gasteiger partial charge in [0.15, 0.2) is 0 Å². The van der Waals surface area contributed by atoms with E-state index in [-0.39, 0.29) is 10.5 Å². The normalized spacial score (nSPS) is 15.8. The van der Waals surface area contributed by atoms with Gasteiger partial charge in [0.1, 0.15) is 6.54 Å². The van der Waals surface area contributed by atoms with E-state index >= 15 is 0 Å². The van der Waals surface area contributed by atoms with Gasteiger partial charge >= 0.3 is 5.97 Å². The lowest BCUT2D eigenvalue weighted by Gasteiger charge is -2.31. The molecule has 0 aliphatic carbocycles. The van der Waals surface area contributed by atoms with Crippen molar-refractivity contribution in [3.8, 4) is 0 Å². The number of nitrogens with one attached hydrogen (secondary N) is 1. The van der Waals surface area contributed by atoms with Gasteiger partial charge in [0.2, 0.25) is 10.0 Å². The largest absolute Gasteiger partial charge is 0.480 e. The van der Waals surface area contributed by atoms with Gasteiger partial charge in [-0.25, -0.2) is 8.42 Å². The molecule has 1 fully saturated rings.